The summed E-state index contributed by atoms with van der Waals surface area (Å²) in [4.78, 5) is 16.6. The number of carbonyl (C=O) groups excluding carboxylic acids is 1. The number of rotatable bonds is 6. The number of aromatic nitrogens is 1. The van der Waals surface area contributed by atoms with Crippen molar-refractivity contribution in [3.8, 4) is 5.75 Å². The van der Waals surface area contributed by atoms with E-state index in [0.29, 0.717) is 19.6 Å². The first-order valence-corrected chi connectivity index (χ1v) is 7.78. The van der Waals surface area contributed by atoms with E-state index in [-0.39, 0.29) is 24.3 Å². The van der Waals surface area contributed by atoms with Crippen molar-refractivity contribution in [1.82, 2.24) is 10.3 Å². The minimum atomic E-state index is -0.277. The minimum absolute atomic E-state index is 0.00854. The molecule has 1 aliphatic rings. The van der Waals surface area contributed by atoms with Crippen molar-refractivity contribution in [3.63, 3.8) is 0 Å². The molecule has 2 heterocycles. The standard InChI is InChI=1S/C18H20N2O3/c21-11-13(9-14-5-3-4-8-19-14)10-20-18(22)16-12-23-17-7-2-1-6-15(16)17/h1-8,13,16,21H,9-12H2,(H,20,22)/t13-,16-/m1/s1. The van der Waals surface area contributed by atoms with Gasteiger partial charge in [0.15, 0.2) is 0 Å². The van der Waals surface area contributed by atoms with Crippen LogP contribution in [-0.2, 0) is 11.2 Å². The summed E-state index contributed by atoms with van der Waals surface area (Å²) >= 11 is 0. The third-order valence-corrected chi connectivity index (χ3v) is 4.06. The number of nitrogens with zero attached hydrogens (tertiary/aromatic N) is 1. The molecular weight excluding hydrogens is 292 g/mol. The molecule has 1 amide bonds. The van der Waals surface area contributed by atoms with Gasteiger partial charge < -0.3 is 15.2 Å². The van der Waals surface area contributed by atoms with E-state index in [1.807, 2.05) is 42.5 Å². The summed E-state index contributed by atoms with van der Waals surface area (Å²) in [5.41, 5.74) is 1.84. The zero-order chi connectivity index (χ0) is 16.1. The molecule has 0 aliphatic carbocycles. The Morgan fingerprint density at radius 1 is 1.30 bits per heavy atom. The van der Waals surface area contributed by atoms with Gasteiger partial charge in [-0.25, -0.2) is 0 Å². The van der Waals surface area contributed by atoms with Crippen LogP contribution in [0.5, 0.6) is 5.75 Å². The highest BCUT2D eigenvalue weighted by Gasteiger charge is 2.30. The fourth-order valence-electron chi connectivity index (χ4n) is 2.76. The number of fused-ring (bicyclic) bond motifs is 1. The Hall–Kier alpha value is -2.40. The second kappa shape index (κ2) is 7.24. The average molecular weight is 312 g/mol. The van der Waals surface area contributed by atoms with E-state index in [0.717, 1.165) is 17.0 Å². The molecule has 0 radical (unpaired) electrons. The van der Waals surface area contributed by atoms with Crippen molar-refractivity contribution in [1.29, 1.82) is 0 Å². The number of nitrogens with one attached hydrogen (secondary N) is 1. The molecule has 2 N–H and O–H groups in total. The van der Waals surface area contributed by atoms with Gasteiger partial charge >= 0.3 is 0 Å². The molecule has 1 aromatic heterocycles. The monoisotopic (exact) mass is 312 g/mol. The van der Waals surface area contributed by atoms with Gasteiger partial charge in [-0.15, -0.1) is 0 Å². The summed E-state index contributed by atoms with van der Waals surface area (Å²) in [5, 5.41) is 12.4. The third-order valence-electron chi connectivity index (χ3n) is 4.06. The molecule has 2 atom stereocenters. The average Bonchev–Trinajstić information content (AvgIpc) is 3.03. The lowest BCUT2D eigenvalue weighted by Gasteiger charge is -2.16. The van der Waals surface area contributed by atoms with Crippen LogP contribution in [0, 0.1) is 5.92 Å². The van der Waals surface area contributed by atoms with Crippen molar-refractivity contribution in [2.24, 2.45) is 5.92 Å². The van der Waals surface area contributed by atoms with Gasteiger partial charge in [-0.1, -0.05) is 24.3 Å². The van der Waals surface area contributed by atoms with Gasteiger partial charge in [0.25, 0.3) is 0 Å². The van der Waals surface area contributed by atoms with E-state index in [4.69, 9.17) is 4.74 Å². The van der Waals surface area contributed by atoms with E-state index in [2.05, 4.69) is 10.3 Å². The number of pyridine rings is 1. The molecule has 0 saturated heterocycles. The quantitative estimate of drug-likeness (QED) is 0.848. The number of hydrogen-bond donors (Lipinski definition) is 2. The van der Waals surface area contributed by atoms with Crippen molar-refractivity contribution >= 4 is 5.91 Å². The van der Waals surface area contributed by atoms with Gasteiger partial charge in [0, 0.05) is 36.5 Å². The van der Waals surface area contributed by atoms with Crippen LogP contribution in [0.4, 0.5) is 0 Å². The van der Waals surface area contributed by atoms with Crippen LogP contribution in [0.3, 0.4) is 0 Å². The molecule has 2 aromatic rings. The van der Waals surface area contributed by atoms with E-state index >= 15 is 0 Å². The van der Waals surface area contributed by atoms with Crippen molar-refractivity contribution < 1.29 is 14.6 Å². The number of aliphatic hydroxyl groups excluding tert-OH is 1. The number of hydrogen-bond acceptors (Lipinski definition) is 4. The van der Waals surface area contributed by atoms with Crippen LogP contribution < -0.4 is 10.1 Å². The maximum atomic E-state index is 12.4. The van der Waals surface area contributed by atoms with Crippen LogP contribution in [0.25, 0.3) is 0 Å². The topological polar surface area (TPSA) is 71.5 Å². The summed E-state index contributed by atoms with van der Waals surface area (Å²) in [7, 11) is 0. The normalized spacial score (nSPS) is 17.2. The molecule has 5 heteroatoms. The van der Waals surface area contributed by atoms with Crippen LogP contribution in [0.1, 0.15) is 17.2 Å². The van der Waals surface area contributed by atoms with Gasteiger partial charge in [0.1, 0.15) is 18.3 Å². The highest BCUT2D eigenvalue weighted by Crippen LogP contribution is 2.33. The first kappa shape index (κ1) is 15.5. The molecule has 23 heavy (non-hydrogen) atoms. The Bertz CT molecular complexity index is 660. The van der Waals surface area contributed by atoms with E-state index in [1.165, 1.54) is 0 Å². The van der Waals surface area contributed by atoms with Crippen molar-refractivity contribution in [2.45, 2.75) is 12.3 Å². The first-order chi connectivity index (χ1) is 11.3. The second-order valence-corrected chi connectivity index (χ2v) is 5.72. The van der Waals surface area contributed by atoms with Gasteiger partial charge in [0.05, 0.1) is 0 Å². The van der Waals surface area contributed by atoms with Gasteiger partial charge in [-0.2, -0.15) is 0 Å². The largest absolute Gasteiger partial charge is 0.492 e. The van der Waals surface area contributed by atoms with E-state index in [9.17, 15) is 9.90 Å². The second-order valence-electron chi connectivity index (χ2n) is 5.72. The predicted molar refractivity (Wildman–Crippen MR) is 86.2 cm³/mol. The highest BCUT2D eigenvalue weighted by atomic mass is 16.5. The molecule has 0 spiro atoms. The number of ether oxygens (including phenoxy) is 1. The van der Waals surface area contributed by atoms with Crippen molar-refractivity contribution in [3.05, 3.63) is 59.9 Å². The summed E-state index contributed by atoms with van der Waals surface area (Å²) in [6, 6.07) is 13.3. The molecule has 0 bridgehead atoms. The molecular formula is C18H20N2O3. The Morgan fingerprint density at radius 3 is 2.91 bits per heavy atom. The summed E-state index contributed by atoms with van der Waals surface area (Å²) in [5.74, 6) is 0.390. The zero-order valence-electron chi connectivity index (χ0n) is 12.8. The summed E-state index contributed by atoms with van der Waals surface area (Å²) in [6.45, 7) is 0.800. The molecule has 0 fully saturated rings. The number of amides is 1. The smallest absolute Gasteiger partial charge is 0.231 e. The third kappa shape index (κ3) is 3.68. The van der Waals surface area contributed by atoms with Gasteiger partial charge in [-0.05, 0) is 24.6 Å². The first-order valence-electron chi connectivity index (χ1n) is 7.78. The van der Waals surface area contributed by atoms with Crippen LogP contribution >= 0.6 is 0 Å². The highest BCUT2D eigenvalue weighted by molar-refractivity contribution is 5.85. The number of aliphatic hydroxyl groups is 1. The molecule has 120 valence electrons. The maximum absolute atomic E-state index is 12.4. The SMILES string of the molecule is O=C(NC[C@H](CO)Cc1ccccn1)[C@@H]1COc2ccccc21. The predicted octanol–water partition coefficient (Wildman–Crippen LogP) is 1.52. The molecule has 0 unspecified atom stereocenters. The molecule has 1 aliphatic heterocycles. The van der Waals surface area contributed by atoms with Crippen LogP contribution in [0.2, 0.25) is 0 Å². The number of carbonyl (C=O) groups is 1. The Labute approximate surface area is 135 Å². The van der Waals surface area contributed by atoms with Crippen LogP contribution in [-0.4, -0.2) is 35.8 Å². The molecule has 5 nitrogen and oxygen atoms in total. The lowest BCUT2D eigenvalue weighted by atomic mass is 9.99. The Balaban J connectivity index is 1.56. The maximum Gasteiger partial charge on any atom is 0.231 e. The van der Waals surface area contributed by atoms with Gasteiger partial charge in [0.2, 0.25) is 5.91 Å². The molecule has 3 rings (SSSR count). The Morgan fingerprint density at radius 2 is 2.13 bits per heavy atom. The lowest BCUT2D eigenvalue weighted by molar-refractivity contribution is -0.123. The van der Waals surface area contributed by atoms with Gasteiger partial charge in [-0.3, -0.25) is 9.78 Å². The Kier molecular flexibility index (Phi) is 4.88. The number of para-hydroxylation sites is 1. The lowest BCUT2D eigenvalue weighted by Crippen LogP contribution is -2.35. The van der Waals surface area contributed by atoms with E-state index in [1.54, 1.807) is 6.20 Å². The summed E-state index contributed by atoms with van der Waals surface area (Å²) in [6.07, 6.45) is 2.37. The summed E-state index contributed by atoms with van der Waals surface area (Å²) < 4.78 is 5.54. The fraction of sp³-hybridized carbons (Fsp3) is 0.333. The fourth-order valence-corrected chi connectivity index (χ4v) is 2.76. The van der Waals surface area contributed by atoms with Crippen molar-refractivity contribution in [2.75, 3.05) is 19.8 Å². The van der Waals surface area contributed by atoms with Crippen LogP contribution in [0.15, 0.2) is 48.7 Å². The van der Waals surface area contributed by atoms with E-state index < -0.39 is 0 Å². The zero-order valence-corrected chi connectivity index (χ0v) is 12.8. The minimum Gasteiger partial charge on any atom is -0.492 e. The molecule has 1 aromatic carbocycles. The number of benzene rings is 1. The molecule has 0 saturated carbocycles.